The van der Waals surface area contributed by atoms with Gasteiger partial charge in [-0.15, -0.1) is 0 Å². The molecule has 2 aromatic heterocycles. The average Bonchev–Trinajstić information content (AvgIpc) is 2.90. The summed E-state index contributed by atoms with van der Waals surface area (Å²) in [5, 5.41) is 22.1. The third kappa shape index (κ3) is 3.33. The van der Waals surface area contributed by atoms with E-state index in [1.165, 1.54) is 0 Å². The van der Waals surface area contributed by atoms with E-state index >= 15 is 0 Å². The van der Waals surface area contributed by atoms with Gasteiger partial charge >= 0.3 is 0 Å². The fourth-order valence-electron chi connectivity index (χ4n) is 4.50. The molecule has 0 saturated heterocycles. The van der Waals surface area contributed by atoms with E-state index in [0.717, 1.165) is 44.2 Å². The number of aromatic hydroxyl groups is 2. The maximum atomic E-state index is 10.1. The summed E-state index contributed by atoms with van der Waals surface area (Å²) in [5.74, 6) is 0.376. The summed E-state index contributed by atoms with van der Waals surface area (Å²) >= 11 is 0. The number of phenolic OH excluding ortho intramolecular Hbond substituents is 2. The number of fused-ring (bicyclic) bond motifs is 2. The first kappa shape index (κ1) is 19.9. The Morgan fingerprint density at radius 3 is 1.21 bits per heavy atom. The molecule has 6 aromatic rings. The summed E-state index contributed by atoms with van der Waals surface area (Å²) in [5.41, 5.74) is 7.67. The Morgan fingerprint density at radius 1 is 0.412 bits per heavy atom. The zero-order valence-electron chi connectivity index (χ0n) is 18.2. The minimum absolute atomic E-state index is 0.188. The summed E-state index contributed by atoms with van der Waals surface area (Å²) in [6.45, 7) is 0. The molecule has 0 bridgehead atoms. The molecule has 0 aliphatic rings. The topological polar surface area (TPSA) is 66.2 Å². The van der Waals surface area contributed by atoms with Crippen molar-refractivity contribution in [2.75, 3.05) is 0 Å². The molecule has 0 saturated carbocycles. The number of nitrogens with zero attached hydrogens (tertiary/aromatic N) is 2. The highest BCUT2D eigenvalue weighted by Gasteiger charge is 2.10. The molecule has 0 aliphatic carbocycles. The first-order valence-electron chi connectivity index (χ1n) is 11.0. The van der Waals surface area contributed by atoms with Crippen LogP contribution in [-0.4, -0.2) is 20.2 Å². The summed E-state index contributed by atoms with van der Waals surface area (Å²) in [6.07, 6.45) is 3.38. The molecule has 0 unspecified atom stereocenters. The van der Waals surface area contributed by atoms with Crippen LogP contribution in [0.3, 0.4) is 0 Å². The fraction of sp³-hybridized carbons (Fsp3) is 0. The Labute approximate surface area is 196 Å². The van der Waals surface area contributed by atoms with Crippen LogP contribution in [0.15, 0.2) is 109 Å². The highest BCUT2D eigenvalue weighted by Crippen LogP contribution is 2.35. The molecule has 0 radical (unpaired) electrons. The zero-order valence-corrected chi connectivity index (χ0v) is 18.2. The van der Waals surface area contributed by atoms with E-state index in [1.807, 2.05) is 36.4 Å². The lowest BCUT2D eigenvalue weighted by molar-refractivity contribution is 0.480. The van der Waals surface area contributed by atoms with Crippen molar-refractivity contribution in [1.29, 1.82) is 0 Å². The summed E-state index contributed by atoms with van der Waals surface area (Å²) in [7, 11) is 0. The minimum atomic E-state index is 0.188. The Kier molecular flexibility index (Phi) is 4.70. The van der Waals surface area contributed by atoms with Gasteiger partial charge < -0.3 is 10.2 Å². The molecule has 6 rings (SSSR count). The minimum Gasteiger partial charge on any atom is -0.506 e. The van der Waals surface area contributed by atoms with Gasteiger partial charge in [-0.25, -0.2) is 0 Å². The lowest BCUT2D eigenvalue weighted by atomic mass is 9.95. The van der Waals surface area contributed by atoms with Crippen LogP contribution in [0.1, 0.15) is 0 Å². The molecule has 4 aromatic carbocycles. The van der Waals surface area contributed by atoms with E-state index in [9.17, 15) is 10.2 Å². The standard InChI is InChI=1S/C30H20N2O2/c33-27-15-13-23(25-3-1-17-31-29(25)27)21-9-5-19(6-10-21)20-7-11-22(12-8-20)24-14-16-28(34)30-26(24)4-2-18-32-30/h1-18,33-34H. The second-order valence-corrected chi connectivity index (χ2v) is 8.22. The third-order valence-electron chi connectivity index (χ3n) is 6.22. The Balaban J connectivity index is 1.34. The SMILES string of the molecule is Oc1ccc(-c2ccc(-c3ccc(-c4ccc(O)c5ncccc45)cc3)cc2)c2cccnc12. The predicted octanol–water partition coefficient (Wildman–Crippen LogP) is 7.20. The van der Waals surface area contributed by atoms with Crippen molar-refractivity contribution >= 4 is 21.8 Å². The number of hydrogen-bond donors (Lipinski definition) is 2. The molecule has 162 valence electrons. The number of benzene rings is 4. The summed E-state index contributed by atoms with van der Waals surface area (Å²) in [4.78, 5) is 8.64. The van der Waals surface area contributed by atoms with Gasteiger partial charge in [0.05, 0.1) is 0 Å². The summed E-state index contributed by atoms with van der Waals surface area (Å²) in [6, 6.07) is 31.8. The maximum Gasteiger partial charge on any atom is 0.141 e. The maximum absolute atomic E-state index is 10.1. The van der Waals surface area contributed by atoms with Crippen LogP contribution in [0.2, 0.25) is 0 Å². The van der Waals surface area contributed by atoms with Crippen LogP contribution < -0.4 is 0 Å². The van der Waals surface area contributed by atoms with Crippen molar-refractivity contribution in [1.82, 2.24) is 9.97 Å². The van der Waals surface area contributed by atoms with Gasteiger partial charge in [0.25, 0.3) is 0 Å². The molecule has 2 heterocycles. The van der Waals surface area contributed by atoms with Crippen LogP contribution >= 0.6 is 0 Å². The molecule has 0 spiro atoms. The molecule has 0 aliphatic heterocycles. The number of rotatable bonds is 3. The first-order valence-corrected chi connectivity index (χ1v) is 11.0. The van der Waals surface area contributed by atoms with Gasteiger partial charge in [0.1, 0.15) is 22.5 Å². The van der Waals surface area contributed by atoms with Gasteiger partial charge in [-0.2, -0.15) is 0 Å². The van der Waals surface area contributed by atoms with Crippen molar-refractivity contribution in [2.45, 2.75) is 0 Å². The summed E-state index contributed by atoms with van der Waals surface area (Å²) < 4.78 is 0. The lowest BCUT2D eigenvalue weighted by Crippen LogP contribution is -1.86. The molecule has 0 fully saturated rings. The van der Waals surface area contributed by atoms with Crippen molar-refractivity contribution in [3.8, 4) is 44.9 Å². The van der Waals surface area contributed by atoms with Gasteiger partial charge in [0.15, 0.2) is 0 Å². The third-order valence-corrected chi connectivity index (χ3v) is 6.22. The second-order valence-electron chi connectivity index (χ2n) is 8.22. The number of hydrogen-bond acceptors (Lipinski definition) is 4. The fourth-order valence-corrected chi connectivity index (χ4v) is 4.50. The molecule has 0 amide bonds. The van der Waals surface area contributed by atoms with Crippen molar-refractivity contribution < 1.29 is 10.2 Å². The Bertz CT molecular complexity index is 1530. The monoisotopic (exact) mass is 440 g/mol. The second kappa shape index (κ2) is 8.01. The molecule has 4 nitrogen and oxygen atoms in total. The Hall–Kier alpha value is -4.70. The van der Waals surface area contributed by atoms with E-state index in [-0.39, 0.29) is 11.5 Å². The number of phenols is 2. The van der Waals surface area contributed by atoms with Crippen LogP contribution in [-0.2, 0) is 0 Å². The van der Waals surface area contributed by atoms with Crippen molar-refractivity contribution in [2.24, 2.45) is 0 Å². The lowest BCUT2D eigenvalue weighted by Gasteiger charge is -2.10. The molecular formula is C30H20N2O2. The Morgan fingerprint density at radius 2 is 0.794 bits per heavy atom. The molecule has 0 atom stereocenters. The highest BCUT2D eigenvalue weighted by molar-refractivity contribution is 5.99. The van der Waals surface area contributed by atoms with Crippen molar-refractivity contribution in [3.63, 3.8) is 0 Å². The largest absolute Gasteiger partial charge is 0.506 e. The van der Waals surface area contributed by atoms with E-state index in [1.54, 1.807) is 24.5 Å². The van der Waals surface area contributed by atoms with Crippen molar-refractivity contribution in [3.05, 3.63) is 109 Å². The van der Waals surface area contributed by atoms with E-state index in [4.69, 9.17) is 0 Å². The van der Waals surface area contributed by atoms with Crippen LogP contribution in [0.4, 0.5) is 0 Å². The molecular weight excluding hydrogens is 420 g/mol. The predicted molar refractivity (Wildman–Crippen MR) is 137 cm³/mol. The van der Waals surface area contributed by atoms with E-state index < -0.39 is 0 Å². The van der Waals surface area contributed by atoms with E-state index in [2.05, 4.69) is 58.5 Å². The van der Waals surface area contributed by atoms with E-state index in [0.29, 0.717) is 11.0 Å². The van der Waals surface area contributed by atoms with Gasteiger partial charge in [-0.05, 0) is 69.8 Å². The number of pyridine rings is 2. The molecule has 2 N–H and O–H groups in total. The van der Waals surface area contributed by atoms with Gasteiger partial charge in [0.2, 0.25) is 0 Å². The average molecular weight is 441 g/mol. The highest BCUT2D eigenvalue weighted by atomic mass is 16.3. The van der Waals surface area contributed by atoms with Crippen LogP contribution in [0.5, 0.6) is 11.5 Å². The normalized spacial score (nSPS) is 11.2. The van der Waals surface area contributed by atoms with Gasteiger partial charge in [-0.1, -0.05) is 60.7 Å². The van der Waals surface area contributed by atoms with Gasteiger partial charge in [0, 0.05) is 23.2 Å². The van der Waals surface area contributed by atoms with Crippen LogP contribution in [0, 0.1) is 0 Å². The first-order chi connectivity index (χ1) is 16.7. The molecule has 4 heteroatoms. The zero-order chi connectivity index (χ0) is 23.1. The molecule has 34 heavy (non-hydrogen) atoms. The van der Waals surface area contributed by atoms with Crippen LogP contribution in [0.25, 0.3) is 55.2 Å². The van der Waals surface area contributed by atoms with Gasteiger partial charge in [-0.3, -0.25) is 9.97 Å². The smallest absolute Gasteiger partial charge is 0.141 e. The number of aromatic nitrogens is 2. The quantitative estimate of drug-likeness (QED) is 0.305.